The summed E-state index contributed by atoms with van der Waals surface area (Å²) in [7, 11) is 0. The molecular formula is C20H25O6-. The van der Waals surface area contributed by atoms with Crippen LogP contribution in [0.1, 0.15) is 40.0 Å². The third kappa shape index (κ3) is 2.38. The number of aliphatic carboxylic acids is 1. The lowest BCUT2D eigenvalue weighted by Crippen LogP contribution is -2.58. The van der Waals surface area contributed by atoms with Crippen molar-refractivity contribution in [1.29, 1.82) is 0 Å². The molecule has 2 fully saturated rings. The minimum Gasteiger partial charge on any atom is -0.550 e. The first-order valence-electron chi connectivity index (χ1n) is 9.09. The van der Waals surface area contributed by atoms with Crippen molar-refractivity contribution in [2.24, 2.45) is 29.1 Å². The maximum Gasteiger partial charge on any atom is 0.334 e. The molecule has 1 unspecified atom stereocenters. The second-order valence-corrected chi connectivity index (χ2v) is 8.25. The van der Waals surface area contributed by atoms with E-state index in [1.54, 1.807) is 13.0 Å². The van der Waals surface area contributed by atoms with Gasteiger partial charge in [0, 0.05) is 23.4 Å². The Labute approximate surface area is 152 Å². The van der Waals surface area contributed by atoms with Crippen LogP contribution in [0.3, 0.4) is 0 Å². The number of aliphatic hydroxyl groups is 1. The van der Waals surface area contributed by atoms with Crippen molar-refractivity contribution < 1.29 is 29.3 Å². The van der Waals surface area contributed by atoms with Crippen molar-refractivity contribution in [2.75, 3.05) is 0 Å². The largest absolute Gasteiger partial charge is 0.550 e. The summed E-state index contributed by atoms with van der Waals surface area (Å²) in [4.78, 5) is 36.3. The molecule has 0 amide bonds. The highest BCUT2D eigenvalue weighted by atomic mass is 16.5. The highest BCUT2D eigenvalue weighted by Crippen LogP contribution is 2.59. The van der Waals surface area contributed by atoms with Crippen LogP contribution in [-0.4, -0.2) is 34.5 Å². The van der Waals surface area contributed by atoms with Gasteiger partial charge in [0.25, 0.3) is 0 Å². The Balaban J connectivity index is 2.10. The summed E-state index contributed by atoms with van der Waals surface area (Å²) in [5, 5.41) is 23.0. The van der Waals surface area contributed by atoms with Gasteiger partial charge in [0.15, 0.2) is 5.78 Å². The zero-order valence-electron chi connectivity index (χ0n) is 15.4. The van der Waals surface area contributed by atoms with E-state index in [4.69, 9.17) is 4.74 Å². The number of fused-ring (bicyclic) bond motifs is 3. The van der Waals surface area contributed by atoms with E-state index in [-0.39, 0.29) is 36.0 Å². The Bertz CT molecular complexity index is 709. The Kier molecular flexibility index (Phi) is 4.38. The third-order valence-corrected chi connectivity index (χ3v) is 7.03. The van der Waals surface area contributed by atoms with E-state index >= 15 is 0 Å². The summed E-state index contributed by atoms with van der Waals surface area (Å²) >= 11 is 0. The maximum absolute atomic E-state index is 12.9. The molecule has 6 heteroatoms. The first-order chi connectivity index (χ1) is 12.0. The molecule has 1 heterocycles. The van der Waals surface area contributed by atoms with Crippen LogP contribution < -0.4 is 5.11 Å². The normalized spacial score (nSPS) is 42.8. The minimum absolute atomic E-state index is 0.0684. The molecule has 0 aromatic rings. The summed E-state index contributed by atoms with van der Waals surface area (Å²) in [5.41, 5.74) is -2.59. The van der Waals surface area contributed by atoms with Crippen molar-refractivity contribution in [2.45, 2.75) is 51.7 Å². The molecular weight excluding hydrogens is 336 g/mol. The van der Waals surface area contributed by atoms with Crippen LogP contribution in [0.2, 0.25) is 0 Å². The average molecular weight is 361 g/mol. The van der Waals surface area contributed by atoms with Gasteiger partial charge >= 0.3 is 5.97 Å². The molecule has 0 radical (unpaired) electrons. The fraction of sp³-hybridized carbons (Fsp3) is 0.650. The Morgan fingerprint density at radius 2 is 2.15 bits per heavy atom. The number of esters is 1. The molecule has 6 nitrogen and oxygen atoms in total. The lowest BCUT2D eigenvalue weighted by molar-refractivity contribution is -0.311. The van der Waals surface area contributed by atoms with Gasteiger partial charge in [-0.25, -0.2) is 4.79 Å². The molecule has 0 spiro atoms. The molecule has 3 aliphatic rings. The number of ether oxygens (including phenoxy) is 1. The van der Waals surface area contributed by atoms with E-state index in [1.165, 1.54) is 13.0 Å². The van der Waals surface area contributed by atoms with E-state index in [0.717, 1.165) is 0 Å². The molecule has 26 heavy (non-hydrogen) atoms. The van der Waals surface area contributed by atoms with Gasteiger partial charge in [0.05, 0.1) is 11.0 Å². The Hall–Kier alpha value is -1.95. The molecule has 0 aromatic carbocycles. The standard InChI is InChI=1S/C20H26O6/c1-10(17(22)23)7-8-20(25)14-9-15(26-18(24)12(14)3)11(2)13-5-6-16(21)19(13,20)4/h5-6,10-11,13-15,25H,3,7-9H2,1-2,4H3,(H,22,23)/p-1/t10?,11-,13-,14-,15-,19-,20-/m0/s1. The van der Waals surface area contributed by atoms with Crippen LogP contribution in [0.4, 0.5) is 0 Å². The number of allylic oxidation sites excluding steroid dienone is 2. The number of hydrogen-bond donors (Lipinski definition) is 1. The van der Waals surface area contributed by atoms with Crippen LogP contribution in [0.5, 0.6) is 0 Å². The predicted octanol–water partition coefficient (Wildman–Crippen LogP) is 0.783. The van der Waals surface area contributed by atoms with Gasteiger partial charge in [-0.3, -0.25) is 4.79 Å². The van der Waals surface area contributed by atoms with Crippen LogP contribution in [0, 0.1) is 29.1 Å². The summed E-state index contributed by atoms with van der Waals surface area (Å²) in [6, 6.07) is 0. The van der Waals surface area contributed by atoms with Gasteiger partial charge in [-0.15, -0.1) is 0 Å². The number of rotatable bonds is 4. The lowest BCUT2D eigenvalue weighted by atomic mass is 9.57. The predicted molar refractivity (Wildman–Crippen MR) is 90.4 cm³/mol. The zero-order valence-corrected chi connectivity index (χ0v) is 15.4. The van der Waals surface area contributed by atoms with Crippen LogP contribution in [0.15, 0.2) is 24.3 Å². The second-order valence-electron chi connectivity index (χ2n) is 8.25. The first-order valence-corrected chi connectivity index (χ1v) is 9.09. The van der Waals surface area contributed by atoms with Gasteiger partial charge < -0.3 is 19.7 Å². The summed E-state index contributed by atoms with van der Waals surface area (Å²) in [6.45, 7) is 8.97. The summed E-state index contributed by atoms with van der Waals surface area (Å²) in [6.07, 6.45) is 3.46. The molecule has 3 rings (SSSR count). The van der Waals surface area contributed by atoms with Crippen molar-refractivity contribution in [3.8, 4) is 0 Å². The topological polar surface area (TPSA) is 104 Å². The van der Waals surface area contributed by atoms with Gasteiger partial charge in [-0.1, -0.05) is 26.5 Å². The maximum atomic E-state index is 12.9. The summed E-state index contributed by atoms with van der Waals surface area (Å²) < 4.78 is 5.51. The van der Waals surface area contributed by atoms with Gasteiger partial charge in [-0.05, 0) is 44.1 Å². The molecule has 1 aliphatic heterocycles. The van der Waals surface area contributed by atoms with E-state index < -0.39 is 40.9 Å². The van der Waals surface area contributed by atoms with Gasteiger partial charge in [0.2, 0.25) is 0 Å². The van der Waals surface area contributed by atoms with Crippen LogP contribution in [0.25, 0.3) is 0 Å². The SMILES string of the molecule is C=C1C(=O)O[C@H]2C[C@@H]1[C@@](O)(CCC(C)C(=O)[O-])[C@]1(C)C(=O)C=C[C@H]1[C@@H]2C. The van der Waals surface area contributed by atoms with Gasteiger partial charge in [-0.2, -0.15) is 0 Å². The number of carboxylic acids is 1. The van der Waals surface area contributed by atoms with E-state index in [2.05, 4.69) is 6.58 Å². The smallest absolute Gasteiger partial charge is 0.334 e. The molecule has 1 saturated carbocycles. The highest BCUT2D eigenvalue weighted by molar-refractivity contribution is 5.99. The Morgan fingerprint density at radius 3 is 2.77 bits per heavy atom. The molecule has 1 N–H and O–H groups in total. The molecule has 1 saturated heterocycles. The first kappa shape index (κ1) is 18.8. The zero-order chi connectivity index (χ0) is 19.4. The molecule has 2 bridgehead atoms. The molecule has 7 atom stereocenters. The van der Waals surface area contributed by atoms with E-state index in [0.29, 0.717) is 6.42 Å². The van der Waals surface area contributed by atoms with Crippen molar-refractivity contribution in [3.05, 3.63) is 24.3 Å². The fourth-order valence-corrected chi connectivity index (χ4v) is 5.09. The lowest BCUT2D eigenvalue weighted by Gasteiger charge is -2.49. The number of ketones is 1. The monoisotopic (exact) mass is 361 g/mol. The van der Waals surface area contributed by atoms with Gasteiger partial charge in [0.1, 0.15) is 6.10 Å². The third-order valence-electron chi connectivity index (χ3n) is 7.03. The van der Waals surface area contributed by atoms with E-state index in [9.17, 15) is 24.6 Å². The average Bonchev–Trinajstić information content (AvgIpc) is 2.87. The molecule has 142 valence electrons. The quantitative estimate of drug-likeness (QED) is 0.586. The molecule has 0 aromatic heterocycles. The van der Waals surface area contributed by atoms with Crippen molar-refractivity contribution >= 4 is 17.7 Å². The van der Waals surface area contributed by atoms with E-state index in [1.807, 2.05) is 6.92 Å². The van der Waals surface area contributed by atoms with Crippen LogP contribution in [-0.2, 0) is 19.1 Å². The fourth-order valence-electron chi connectivity index (χ4n) is 5.09. The summed E-state index contributed by atoms with van der Waals surface area (Å²) in [5.74, 6) is -3.82. The molecule has 2 aliphatic carbocycles. The number of carbonyl (C=O) groups is 3. The number of hydrogen-bond acceptors (Lipinski definition) is 6. The van der Waals surface area contributed by atoms with Crippen molar-refractivity contribution in [3.63, 3.8) is 0 Å². The van der Waals surface area contributed by atoms with Crippen LogP contribution >= 0.6 is 0 Å². The second kappa shape index (κ2) is 6.05. The number of carbonyl (C=O) groups excluding carboxylic acids is 3. The Morgan fingerprint density at radius 1 is 1.50 bits per heavy atom. The van der Waals surface area contributed by atoms with Crippen molar-refractivity contribution in [1.82, 2.24) is 0 Å². The highest BCUT2D eigenvalue weighted by Gasteiger charge is 2.66. The number of carboxylic acid groups (broad SMARTS) is 1. The minimum atomic E-state index is -1.58.